The molecule has 0 bridgehead atoms. The molecule has 2 aromatic rings. The average molecular weight is 418 g/mol. The summed E-state index contributed by atoms with van der Waals surface area (Å²) >= 11 is 11.7. The van der Waals surface area contributed by atoms with E-state index in [2.05, 4.69) is 10.6 Å². The van der Waals surface area contributed by atoms with Gasteiger partial charge in [-0.2, -0.15) is 13.2 Å². The fraction of sp³-hybridized carbons (Fsp3) is 0.118. The molecule has 0 spiro atoms. The second-order valence-electron chi connectivity index (χ2n) is 5.72. The summed E-state index contributed by atoms with van der Waals surface area (Å²) in [5.41, 5.74) is 5.49. The van der Waals surface area contributed by atoms with Gasteiger partial charge in [-0.3, -0.25) is 10.3 Å². The number of hydrogen-bond donors (Lipinski definition) is 3. The normalized spacial score (nSPS) is 20.3. The number of halogens is 5. The van der Waals surface area contributed by atoms with E-state index < -0.39 is 11.8 Å². The number of nitrogens with one attached hydrogen (secondary N) is 1. The van der Waals surface area contributed by atoms with E-state index in [4.69, 9.17) is 39.0 Å². The quantitative estimate of drug-likeness (QED) is 0.299. The molecule has 10 heteroatoms. The highest BCUT2D eigenvalue weighted by Gasteiger charge is 2.59. The summed E-state index contributed by atoms with van der Waals surface area (Å²) in [6.45, 7) is 0. The Labute approximate surface area is 161 Å². The lowest BCUT2D eigenvalue weighted by Gasteiger charge is -2.28. The molecule has 0 saturated heterocycles. The Morgan fingerprint density at radius 3 is 2.41 bits per heavy atom. The van der Waals surface area contributed by atoms with Crippen LogP contribution in [0.2, 0.25) is 10.0 Å². The Morgan fingerprint density at radius 2 is 1.81 bits per heavy atom. The molecule has 1 aliphatic heterocycles. The SMILES string of the molecule is NC(=NO)c1cccc(C2=CC(c3cc(Cl)cc(Cl)c3)(C(F)(F)F)ON2)c1. The lowest BCUT2D eigenvalue weighted by molar-refractivity contribution is -0.269. The van der Waals surface area contributed by atoms with Crippen molar-refractivity contribution in [1.29, 1.82) is 0 Å². The second-order valence-corrected chi connectivity index (χ2v) is 6.59. The van der Waals surface area contributed by atoms with Crippen molar-refractivity contribution in [2.45, 2.75) is 11.8 Å². The van der Waals surface area contributed by atoms with E-state index in [0.29, 0.717) is 11.1 Å². The first-order valence-electron chi connectivity index (χ1n) is 7.45. The first-order chi connectivity index (χ1) is 12.7. The van der Waals surface area contributed by atoms with Crippen LogP contribution in [0.5, 0.6) is 0 Å². The number of hydrogen-bond acceptors (Lipinski definition) is 4. The standard InChI is InChI=1S/C17H12Cl2F3N3O2/c18-12-5-11(6-13(19)7-12)16(17(20,21)22)8-14(25-27-16)9-2-1-3-10(4-9)15(23)24-26/h1-8,25-26H,(H2,23,24). The van der Waals surface area contributed by atoms with Gasteiger partial charge in [0.2, 0.25) is 5.60 Å². The first-order valence-corrected chi connectivity index (χ1v) is 8.20. The molecule has 2 aromatic carbocycles. The number of oxime groups is 1. The lowest BCUT2D eigenvalue weighted by atomic mass is 9.91. The maximum absolute atomic E-state index is 13.9. The number of nitrogens with zero attached hydrogens (tertiary/aromatic N) is 1. The van der Waals surface area contributed by atoms with Gasteiger partial charge in [-0.25, -0.2) is 0 Å². The van der Waals surface area contributed by atoms with E-state index in [1.165, 1.54) is 12.1 Å². The van der Waals surface area contributed by atoms with Crippen LogP contribution in [-0.2, 0) is 10.4 Å². The van der Waals surface area contributed by atoms with E-state index in [-0.39, 0.29) is 27.1 Å². The minimum Gasteiger partial charge on any atom is -0.409 e. The molecule has 0 radical (unpaired) electrons. The summed E-state index contributed by atoms with van der Waals surface area (Å²) in [4.78, 5) is 5.00. The Morgan fingerprint density at radius 1 is 1.15 bits per heavy atom. The molecule has 27 heavy (non-hydrogen) atoms. The van der Waals surface area contributed by atoms with Crippen LogP contribution in [0.1, 0.15) is 16.7 Å². The molecule has 0 fully saturated rings. The summed E-state index contributed by atoms with van der Waals surface area (Å²) in [5.74, 6) is -0.180. The van der Waals surface area contributed by atoms with E-state index in [0.717, 1.165) is 18.2 Å². The van der Waals surface area contributed by atoms with E-state index >= 15 is 0 Å². The van der Waals surface area contributed by atoms with Crippen molar-refractivity contribution in [3.63, 3.8) is 0 Å². The highest BCUT2D eigenvalue weighted by Crippen LogP contribution is 2.48. The minimum atomic E-state index is -4.81. The van der Waals surface area contributed by atoms with Gasteiger partial charge >= 0.3 is 6.18 Å². The zero-order valence-electron chi connectivity index (χ0n) is 13.4. The number of hydroxylamine groups is 1. The first kappa shape index (κ1) is 19.3. The maximum Gasteiger partial charge on any atom is 0.428 e. The molecule has 3 rings (SSSR count). The van der Waals surface area contributed by atoms with Crippen LogP contribution in [0.4, 0.5) is 13.2 Å². The second kappa shape index (κ2) is 6.95. The highest BCUT2D eigenvalue weighted by molar-refractivity contribution is 6.34. The topological polar surface area (TPSA) is 79.9 Å². The Bertz CT molecular complexity index is 927. The van der Waals surface area contributed by atoms with E-state index in [9.17, 15) is 13.2 Å². The van der Waals surface area contributed by atoms with Gasteiger partial charge in [0.15, 0.2) is 5.84 Å². The van der Waals surface area contributed by atoms with Crippen LogP contribution in [-0.4, -0.2) is 17.2 Å². The molecular weight excluding hydrogens is 406 g/mol. The van der Waals surface area contributed by atoms with Crippen molar-refractivity contribution in [2.24, 2.45) is 10.9 Å². The summed E-state index contributed by atoms with van der Waals surface area (Å²) in [5, 5.41) is 11.7. The number of rotatable bonds is 3. The molecule has 0 amide bonds. The molecule has 1 aliphatic rings. The smallest absolute Gasteiger partial charge is 0.409 e. The maximum atomic E-state index is 13.9. The van der Waals surface area contributed by atoms with Crippen LogP contribution in [0.25, 0.3) is 5.70 Å². The number of alkyl halides is 3. The van der Waals surface area contributed by atoms with Crippen LogP contribution in [0, 0.1) is 0 Å². The van der Waals surface area contributed by atoms with Gasteiger partial charge in [0.25, 0.3) is 0 Å². The van der Waals surface area contributed by atoms with Crippen molar-refractivity contribution in [2.75, 3.05) is 0 Å². The summed E-state index contributed by atoms with van der Waals surface area (Å²) in [7, 11) is 0. The molecule has 1 unspecified atom stereocenters. The van der Waals surface area contributed by atoms with Crippen LogP contribution in [0.3, 0.4) is 0 Å². The predicted molar refractivity (Wildman–Crippen MR) is 95.3 cm³/mol. The minimum absolute atomic E-state index is 0.0421. The molecule has 0 aliphatic carbocycles. The predicted octanol–water partition coefficient (Wildman–Crippen LogP) is 4.42. The molecule has 5 nitrogen and oxygen atoms in total. The van der Waals surface area contributed by atoms with Gasteiger partial charge < -0.3 is 10.9 Å². The van der Waals surface area contributed by atoms with Crippen molar-refractivity contribution in [3.8, 4) is 0 Å². The van der Waals surface area contributed by atoms with Crippen molar-refractivity contribution < 1.29 is 23.2 Å². The van der Waals surface area contributed by atoms with Gasteiger partial charge in [-0.05, 0) is 30.3 Å². The third-order valence-corrected chi connectivity index (χ3v) is 4.40. The van der Waals surface area contributed by atoms with Gasteiger partial charge in [0.05, 0.1) is 5.70 Å². The third-order valence-electron chi connectivity index (χ3n) is 3.96. The van der Waals surface area contributed by atoms with E-state index in [1.54, 1.807) is 18.2 Å². The molecule has 0 saturated carbocycles. The summed E-state index contributed by atoms with van der Waals surface area (Å²) in [6, 6.07) is 9.69. The Balaban J connectivity index is 2.13. The molecular formula is C17H12Cl2F3N3O2. The van der Waals surface area contributed by atoms with Crippen molar-refractivity contribution >= 4 is 34.7 Å². The molecule has 1 heterocycles. The zero-order valence-corrected chi connectivity index (χ0v) is 14.9. The Hall–Kier alpha value is -2.42. The summed E-state index contributed by atoms with van der Waals surface area (Å²) in [6.07, 6.45) is -3.92. The molecule has 1 atom stereocenters. The highest BCUT2D eigenvalue weighted by atomic mass is 35.5. The number of benzene rings is 2. The van der Waals surface area contributed by atoms with Crippen LogP contribution in [0.15, 0.2) is 53.7 Å². The number of nitrogens with two attached hydrogens (primary N) is 1. The van der Waals surface area contributed by atoms with Crippen molar-refractivity contribution in [1.82, 2.24) is 5.48 Å². The molecule has 0 aromatic heterocycles. The summed E-state index contributed by atoms with van der Waals surface area (Å²) < 4.78 is 41.8. The lowest BCUT2D eigenvalue weighted by Crippen LogP contribution is -2.42. The monoisotopic (exact) mass is 417 g/mol. The number of amidine groups is 1. The van der Waals surface area contributed by atoms with Gasteiger partial charge in [-0.15, -0.1) is 0 Å². The molecule has 4 N–H and O–H groups in total. The van der Waals surface area contributed by atoms with E-state index in [1.807, 2.05) is 0 Å². The van der Waals surface area contributed by atoms with Crippen molar-refractivity contribution in [3.05, 3.63) is 75.3 Å². The van der Waals surface area contributed by atoms with Crippen LogP contribution < -0.4 is 11.2 Å². The molecule has 142 valence electrons. The van der Waals surface area contributed by atoms with Crippen LogP contribution >= 0.6 is 23.2 Å². The van der Waals surface area contributed by atoms with Gasteiger partial charge in [0, 0.05) is 26.7 Å². The Kier molecular flexibility index (Phi) is 4.98. The fourth-order valence-corrected chi connectivity index (χ4v) is 3.18. The van der Waals surface area contributed by atoms with Gasteiger partial charge in [-0.1, -0.05) is 46.6 Å². The fourth-order valence-electron chi connectivity index (χ4n) is 2.66. The van der Waals surface area contributed by atoms with Gasteiger partial charge in [0.1, 0.15) is 0 Å². The average Bonchev–Trinajstić information content (AvgIpc) is 3.07. The largest absolute Gasteiger partial charge is 0.428 e. The third kappa shape index (κ3) is 3.55. The zero-order chi connectivity index (χ0) is 19.8.